The van der Waals surface area contributed by atoms with Crippen molar-refractivity contribution in [3.05, 3.63) is 78.4 Å². The molecule has 2 aromatic carbocycles. The fourth-order valence-corrected chi connectivity index (χ4v) is 3.06. The Morgan fingerprint density at radius 2 is 1.80 bits per heavy atom. The molecule has 2 atom stereocenters. The Morgan fingerprint density at radius 3 is 2.48 bits per heavy atom. The van der Waals surface area contributed by atoms with Gasteiger partial charge in [-0.3, -0.25) is 0 Å². The van der Waals surface area contributed by atoms with E-state index in [1.807, 2.05) is 24.3 Å². The van der Waals surface area contributed by atoms with Crippen LogP contribution in [0.25, 0.3) is 5.70 Å². The van der Waals surface area contributed by atoms with Crippen LogP contribution in [0.1, 0.15) is 30.4 Å². The van der Waals surface area contributed by atoms with Crippen LogP contribution in [-0.2, 0) is 15.9 Å². The summed E-state index contributed by atoms with van der Waals surface area (Å²) in [4.78, 5) is 0. The molecule has 132 valence electrons. The van der Waals surface area contributed by atoms with Crippen molar-refractivity contribution in [2.24, 2.45) is 0 Å². The number of hydrogen-bond acceptors (Lipinski definition) is 3. The lowest BCUT2D eigenvalue weighted by atomic mass is 10.1. The molecule has 0 saturated carbocycles. The van der Waals surface area contributed by atoms with Gasteiger partial charge < -0.3 is 14.8 Å². The Bertz CT molecular complexity index is 636. The highest BCUT2D eigenvalue weighted by Gasteiger charge is 2.20. The van der Waals surface area contributed by atoms with Crippen molar-refractivity contribution in [3.63, 3.8) is 0 Å². The number of hydrogen-bond donors (Lipinski definition) is 1. The highest BCUT2D eigenvalue weighted by molar-refractivity contribution is 5.61. The van der Waals surface area contributed by atoms with E-state index < -0.39 is 0 Å². The smallest absolute Gasteiger partial charge is 0.158 e. The van der Waals surface area contributed by atoms with Gasteiger partial charge in [0.15, 0.2) is 6.29 Å². The quantitative estimate of drug-likeness (QED) is 0.774. The predicted molar refractivity (Wildman–Crippen MR) is 102 cm³/mol. The van der Waals surface area contributed by atoms with E-state index in [2.05, 4.69) is 48.3 Å². The van der Waals surface area contributed by atoms with Crippen molar-refractivity contribution in [1.82, 2.24) is 5.32 Å². The lowest BCUT2D eigenvalue weighted by molar-refractivity contribution is -0.186. The van der Waals surface area contributed by atoms with E-state index in [0.717, 1.165) is 37.1 Å². The molecule has 0 aromatic heterocycles. The summed E-state index contributed by atoms with van der Waals surface area (Å²) in [5, 5.41) is 3.43. The van der Waals surface area contributed by atoms with Gasteiger partial charge in [0.2, 0.25) is 0 Å². The van der Waals surface area contributed by atoms with E-state index in [9.17, 15) is 0 Å². The second kappa shape index (κ2) is 9.40. The standard InChI is InChI=1S/C22H27NO2/c1-18(20-12-6-3-7-13-20)23-17-21(16-19-10-4-2-5-11-19)25-22-14-8-9-15-24-22/h2-7,10-13,21-23H,1,8-9,14-17H2/t21-,22?/m0/s1. The zero-order valence-electron chi connectivity index (χ0n) is 14.7. The second-order valence-electron chi connectivity index (χ2n) is 6.47. The second-order valence-corrected chi connectivity index (χ2v) is 6.47. The van der Waals surface area contributed by atoms with E-state index in [1.165, 1.54) is 12.0 Å². The summed E-state index contributed by atoms with van der Waals surface area (Å²) in [5.41, 5.74) is 3.30. The molecule has 1 fully saturated rings. The van der Waals surface area contributed by atoms with Crippen LogP contribution in [0.4, 0.5) is 0 Å². The minimum absolute atomic E-state index is 0.0472. The average Bonchev–Trinajstić information content (AvgIpc) is 2.68. The Morgan fingerprint density at radius 1 is 1.08 bits per heavy atom. The van der Waals surface area contributed by atoms with Gasteiger partial charge in [0.25, 0.3) is 0 Å². The number of ether oxygens (including phenoxy) is 2. The van der Waals surface area contributed by atoms with Gasteiger partial charge >= 0.3 is 0 Å². The number of nitrogens with one attached hydrogen (secondary N) is 1. The van der Waals surface area contributed by atoms with Gasteiger partial charge in [-0.05, 0) is 30.4 Å². The van der Waals surface area contributed by atoms with Crippen LogP contribution in [0.2, 0.25) is 0 Å². The van der Waals surface area contributed by atoms with Gasteiger partial charge in [0, 0.05) is 25.3 Å². The van der Waals surface area contributed by atoms with Crippen molar-refractivity contribution in [1.29, 1.82) is 0 Å². The minimum atomic E-state index is -0.0887. The first kappa shape index (κ1) is 17.7. The molecule has 1 aliphatic heterocycles. The van der Waals surface area contributed by atoms with E-state index in [-0.39, 0.29) is 12.4 Å². The average molecular weight is 337 g/mol. The summed E-state index contributed by atoms with van der Waals surface area (Å²) < 4.78 is 12.0. The van der Waals surface area contributed by atoms with Crippen LogP contribution < -0.4 is 5.32 Å². The summed E-state index contributed by atoms with van der Waals surface area (Å²) in [6, 6.07) is 20.6. The summed E-state index contributed by atoms with van der Waals surface area (Å²) in [6.07, 6.45) is 4.10. The lowest BCUT2D eigenvalue weighted by Crippen LogP contribution is -2.35. The van der Waals surface area contributed by atoms with Gasteiger partial charge in [-0.2, -0.15) is 0 Å². The molecule has 1 saturated heterocycles. The Balaban J connectivity index is 1.59. The van der Waals surface area contributed by atoms with Crippen LogP contribution in [0.15, 0.2) is 67.2 Å². The van der Waals surface area contributed by atoms with Crippen LogP contribution in [0.5, 0.6) is 0 Å². The minimum Gasteiger partial charge on any atom is -0.382 e. The molecular formula is C22H27NO2. The molecule has 3 heteroatoms. The Labute approximate surface area is 150 Å². The fourth-order valence-electron chi connectivity index (χ4n) is 3.06. The van der Waals surface area contributed by atoms with Gasteiger partial charge in [0.05, 0.1) is 6.10 Å². The summed E-state index contributed by atoms with van der Waals surface area (Å²) >= 11 is 0. The van der Waals surface area contributed by atoms with Crippen LogP contribution in [-0.4, -0.2) is 25.5 Å². The molecule has 25 heavy (non-hydrogen) atoms. The molecule has 0 spiro atoms. The number of benzene rings is 2. The van der Waals surface area contributed by atoms with Crippen molar-refractivity contribution >= 4 is 5.70 Å². The SMILES string of the molecule is C=C(NC[C@H](Cc1ccccc1)OC1CCCCO1)c1ccccc1. The van der Waals surface area contributed by atoms with Crippen molar-refractivity contribution in [3.8, 4) is 0 Å². The Kier molecular flexibility index (Phi) is 6.66. The molecule has 0 radical (unpaired) electrons. The molecule has 3 nitrogen and oxygen atoms in total. The first-order valence-electron chi connectivity index (χ1n) is 9.10. The molecule has 0 aliphatic carbocycles. The van der Waals surface area contributed by atoms with Crippen molar-refractivity contribution < 1.29 is 9.47 Å². The highest BCUT2D eigenvalue weighted by Crippen LogP contribution is 2.18. The van der Waals surface area contributed by atoms with Gasteiger partial charge in [-0.15, -0.1) is 0 Å². The molecule has 1 unspecified atom stereocenters. The summed E-state index contributed by atoms with van der Waals surface area (Å²) in [5.74, 6) is 0. The van der Waals surface area contributed by atoms with Crippen molar-refractivity contribution in [2.75, 3.05) is 13.2 Å². The summed E-state index contributed by atoms with van der Waals surface area (Å²) in [6.45, 7) is 5.66. The predicted octanol–water partition coefficient (Wildman–Crippen LogP) is 4.40. The van der Waals surface area contributed by atoms with E-state index >= 15 is 0 Å². The van der Waals surface area contributed by atoms with E-state index in [1.54, 1.807) is 0 Å². The maximum Gasteiger partial charge on any atom is 0.158 e. The van der Waals surface area contributed by atoms with Gasteiger partial charge in [-0.25, -0.2) is 0 Å². The molecule has 3 rings (SSSR count). The van der Waals surface area contributed by atoms with E-state index in [4.69, 9.17) is 9.47 Å². The largest absolute Gasteiger partial charge is 0.382 e. The molecule has 1 aliphatic rings. The third-order valence-corrected chi connectivity index (χ3v) is 4.45. The van der Waals surface area contributed by atoms with Gasteiger partial charge in [-0.1, -0.05) is 67.2 Å². The highest BCUT2D eigenvalue weighted by atomic mass is 16.7. The lowest BCUT2D eigenvalue weighted by Gasteiger charge is -2.28. The van der Waals surface area contributed by atoms with Gasteiger partial charge in [0.1, 0.15) is 0 Å². The molecule has 2 aromatic rings. The Hall–Kier alpha value is -2.10. The third kappa shape index (κ3) is 5.73. The van der Waals surface area contributed by atoms with Crippen LogP contribution >= 0.6 is 0 Å². The molecule has 0 amide bonds. The molecular weight excluding hydrogens is 310 g/mol. The van der Waals surface area contributed by atoms with Crippen molar-refractivity contribution in [2.45, 2.75) is 38.1 Å². The normalized spacial score (nSPS) is 18.5. The topological polar surface area (TPSA) is 30.5 Å². The monoisotopic (exact) mass is 337 g/mol. The van der Waals surface area contributed by atoms with E-state index in [0.29, 0.717) is 6.54 Å². The zero-order valence-corrected chi connectivity index (χ0v) is 14.7. The first-order chi connectivity index (χ1) is 12.3. The van der Waals surface area contributed by atoms with Crippen LogP contribution in [0, 0.1) is 0 Å². The zero-order chi connectivity index (χ0) is 17.3. The maximum absolute atomic E-state index is 6.26. The summed E-state index contributed by atoms with van der Waals surface area (Å²) in [7, 11) is 0. The maximum atomic E-state index is 6.26. The molecule has 0 bridgehead atoms. The fraction of sp³-hybridized carbons (Fsp3) is 0.364. The van der Waals surface area contributed by atoms with Crippen LogP contribution in [0.3, 0.4) is 0 Å². The third-order valence-electron chi connectivity index (χ3n) is 4.45. The molecule has 1 heterocycles. The number of rotatable bonds is 8. The molecule has 1 N–H and O–H groups in total. The first-order valence-corrected chi connectivity index (χ1v) is 9.10.